The number of benzene rings is 2. The first kappa shape index (κ1) is 21.2. The van der Waals surface area contributed by atoms with Crippen LogP contribution in [0, 0.1) is 0 Å². The molecule has 2 aromatic carbocycles. The molecule has 2 aromatic heterocycles. The van der Waals surface area contributed by atoms with E-state index in [9.17, 15) is 0 Å². The number of para-hydroxylation sites is 1. The number of fused-ring (bicyclic) bond motifs is 1. The number of aromatic nitrogens is 4. The van der Waals surface area contributed by atoms with Crippen LogP contribution < -0.4 is 5.32 Å². The lowest BCUT2D eigenvalue weighted by Crippen LogP contribution is -2.39. The summed E-state index contributed by atoms with van der Waals surface area (Å²) in [6.07, 6.45) is 1.57. The van der Waals surface area contributed by atoms with Gasteiger partial charge in [0.25, 0.3) is 0 Å². The molecular formula is C23H22Cl2N6O. The quantitative estimate of drug-likeness (QED) is 0.448. The Labute approximate surface area is 195 Å². The lowest BCUT2D eigenvalue weighted by Gasteiger charge is -2.26. The maximum atomic E-state index is 6.53. The van der Waals surface area contributed by atoms with E-state index in [-0.39, 0.29) is 0 Å². The van der Waals surface area contributed by atoms with Gasteiger partial charge in [-0.25, -0.2) is 14.6 Å². The Balaban J connectivity index is 1.55. The molecule has 164 valence electrons. The van der Waals surface area contributed by atoms with Gasteiger partial charge < -0.3 is 10.1 Å². The maximum Gasteiger partial charge on any atom is 0.158 e. The zero-order valence-corrected chi connectivity index (χ0v) is 18.9. The summed E-state index contributed by atoms with van der Waals surface area (Å²) >= 11 is 12.7. The van der Waals surface area contributed by atoms with E-state index in [1.54, 1.807) is 6.33 Å². The van der Waals surface area contributed by atoms with Crippen LogP contribution in [0.5, 0.6) is 0 Å². The molecule has 0 unspecified atom stereocenters. The van der Waals surface area contributed by atoms with Crippen LogP contribution in [-0.4, -0.2) is 64.0 Å². The van der Waals surface area contributed by atoms with Gasteiger partial charge in [0.05, 0.1) is 23.9 Å². The van der Waals surface area contributed by atoms with Gasteiger partial charge in [0.2, 0.25) is 0 Å². The Hall–Kier alpha value is -2.71. The molecule has 0 atom stereocenters. The second-order valence-electron chi connectivity index (χ2n) is 7.52. The number of rotatable bonds is 6. The first-order chi connectivity index (χ1) is 15.7. The molecule has 5 rings (SSSR count). The zero-order chi connectivity index (χ0) is 21.9. The number of hydrogen-bond donors (Lipinski definition) is 1. The number of nitrogens with zero attached hydrogens (tertiary/aromatic N) is 5. The van der Waals surface area contributed by atoms with Gasteiger partial charge in [-0.2, -0.15) is 5.10 Å². The second kappa shape index (κ2) is 9.42. The van der Waals surface area contributed by atoms with Crippen LogP contribution >= 0.6 is 23.2 Å². The van der Waals surface area contributed by atoms with Gasteiger partial charge in [0.15, 0.2) is 11.3 Å². The van der Waals surface area contributed by atoms with Crippen molar-refractivity contribution in [2.45, 2.75) is 0 Å². The van der Waals surface area contributed by atoms with Crippen LogP contribution in [0.15, 0.2) is 54.9 Å². The summed E-state index contributed by atoms with van der Waals surface area (Å²) in [6.45, 7) is 5.12. The SMILES string of the molecule is Clc1ccc(-c2c3ncnc(NCCN4CCOCC4)c3nn2-c2ccccc2Cl)cc1. The average molecular weight is 469 g/mol. The zero-order valence-electron chi connectivity index (χ0n) is 17.3. The molecule has 0 aliphatic carbocycles. The molecule has 32 heavy (non-hydrogen) atoms. The van der Waals surface area contributed by atoms with Gasteiger partial charge in [-0.05, 0) is 24.3 Å². The summed E-state index contributed by atoms with van der Waals surface area (Å²) in [6, 6.07) is 15.3. The van der Waals surface area contributed by atoms with Crippen molar-refractivity contribution in [3.8, 4) is 16.9 Å². The average Bonchev–Trinajstić information content (AvgIpc) is 3.21. The van der Waals surface area contributed by atoms with Crippen molar-refractivity contribution in [3.05, 3.63) is 64.9 Å². The van der Waals surface area contributed by atoms with E-state index < -0.39 is 0 Å². The monoisotopic (exact) mass is 468 g/mol. The highest BCUT2D eigenvalue weighted by molar-refractivity contribution is 6.32. The minimum atomic E-state index is 0.602. The van der Waals surface area contributed by atoms with E-state index in [0.29, 0.717) is 21.4 Å². The lowest BCUT2D eigenvalue weighted by atomic mass is 10.1. The summed E-state index contributed by atoms with van der Waals surface area (Å²) in [5, 5.41) is 9.60. The molecule has 1 aliphatic heterocycles. The summed E-state index contributed by atoms with van der Waals surface area (Å²) < 4.78 is 7.26. The third-order valence-corrected chi connectivity index (χ3v) is 6.05. The van der Waals surface area contributed by atoms with Crippen LogP contribution in [0.4, 0.5) is 5.82 Å². The molecule has 1 N–H and O–H groups in total. The minimum absolute atomic E-state index is 0.602. The smallest absolute Gasteiger partial charge is 0.158 e. The topological polar surface area (TPSA) is 68.1 Å². The normalized spacial score (nSPS) is 14.7. The fraction of sp³-hybridized carbons (Fsp3) is 0.261. The van der Waals surface area contributed by atoms with Crippen molar-refractivity contribution in [1.82, 2.24) is 24.6 Å². The molecule has 7 nitrogen and oxygen atoms in total. The highest BCUT2D eigenvalue weighted by Crippen LogP contribution is 2.34. The second-order valence-corrected chi connectivity index (χ2v) is 8.36. The van der Waals surface area contributed by atoms with Crippen molar-refractivity contribution in [2.75, 3.05) is 44.7 Å². The molecule has 0 saturated carbocycles. The van der Waals surface area contributed by atoms with Gasteiger partial charge in [-0.15, -0.1) is 0 Å². The van der Waals surface area contributed by atoms with Crippen molar-refractivity contribution in [3.63, 3.8) is 0 Å². The molecule has 1 saturated heterocycles. The van der Waals surface area contributed by atoms with Crippen molar-refractivity contribution in [1.29, 1.82) is 0 Å². The van der Waals surface area contributed by atoms with E-state index in [2.05, 4.69) is 20.2 Å². The van der Waals surface area contributed by atoms with E-state index >= 15 is 0 Å². The molecule has 1 fully saturated rings. The van der Waals surface area contributed by atoms with Gasteiger partial charge in [0, 0.05) is 36.8 Å². The van der Waals surface area contributed by atoms with E-state index in [0.717, 1.165) is 61.9 Å². The van der Waals surface area contributed by atoms with Crippen LogP contribution in [0.1, 0.15) is 0 Å². The van der Waals surface area contributed by atoms with Gasteiger partial charge in [0.1, 0.15) is 17.5 Å². The number of nitrogens with one attached hydrogen (secondary N) is 1. The Bertz CT molecular complexity index is 1220. The van der Waals surface area contributed by atoms with Gasteiger partial charge in [-0.1, -0.05) is 47.5 Å². The predicted molar refractivity (Wildman–Crippen MR) is 128 cm³/mol. The van der Waals surface area contributed by atoms with Gasteiger partial charge in [-0.3, -0.25) is 4.90 Å². The van der Waals surface area contributed by atoms with Crippen LogP contribution in [-0.2, 0) is 4.74 Å². The molecule has 1 aliphatic rings. The van der Waals surface area contributed by atoms with Crippen LogP contribution in [0.2, 0.25) is 10.0 Å². The number of halogens is 2. The molecule has 0 amide bonds. The predicted octanol–water partition coefficient (Wildman–Crippen LogP) is 4.53. The third-order valence-electron chi connectivity index (χ3n) is 5.48. The first-order valence-electron chi connectivity index (χ1n) is 10.5. The highest BCUT2D eigenvalue weighted by Gasteiger charge is 2.20. The Morgan fingerprint density at radius 1 is 0.938 bits per heavy atom. The molecule has 4 aromatic rings. The summed E-state index contributed by atoms with van der Waals surface area (Å²) in [4.78, 5) is 11.4. The van der Waals surface area contributed by atoms with Crippen LogP contribution in [0.25, 0.3) is 28.0 Å². The lowest BCUT2D eigenvalue weighted by molar-refractivity contribution is 0.0398. The number of anilines is 1. The highest BCUT2D eigenvalue weighted by atomic mass is 35.5. The Morgan fingerprint density at radius 2 is 1.72 bits per heavy atom. The Kier molecular flexibility index (Phi) is 6.23. The molecule has 3 heterocycles. The molecule has 0 radical (unpaired) electrons. The maximum absolute atomic E-state index is 6.53. The fourth-order valence-electron chi connectivity index (χ4n) is 3.85. The molecular weight excluding hydrogens is 447 g/mol. The van der Waals surface area contributed by atoms with E-state index in [4.69, 9.17) is 33.0 Å². The summed E-state index contributed by atoms with van der Waals surface area (Å²) in [5.74, 6) is 0.698. The Morgan fingerprint density at radius 3 is 2.50 bits per heavy atom. The fourth-order valence-corrected chi connectivity index (χ4v) is 4.19. The first-order valence-corrected chi connectivity index (χ1v) is 11.2. The van der Waals surface area contributed by atoms with E-state index in [1.165, 1.54) is 0 Å². The molecule has 0 bridgehead atoms. The van der Waals surface area contributed by atoms with Crippen molar-refractivity contribution < 1.29 is 4.74 Å². The van der Waals surface area contributed by atoms with Crippen LogP contribution in [0.3, 0.4) is 0 Å². The third kappa shape index (κ3) is 4.29. The molecule has 9 heteroatoms. The van der Waals surface area contributed by atoms with Gasteiger partial charge >= 0.3 is 0 Å². The minimum Gasteiger partial charge on any atom is -0.379 e. The number of ether oxygens (including phenoxy) is 1. The van der Waals surface area contributed by atoms with Crippen molar-refractivity contribution >= 4 is 40.1 Å². The molecule has 0 spiro atoms. The standard InChI is InChI=1S/C23H22Cl2N6O/c24-17-7-5-16(6-8-17)22-20-21(29-31(22)19-4-2-1-3-18(19)25)23(28-15-27-20)26-9-10-30-11-13-32-14-12-30/h1-8,15H,9-14H2,(H,26,27,28). The van der Waals surface area contributed by atoms with E-state index in [1.807, 2.05) is 53.2 Å². The summed E-state index contributed by atoms with van der Waals surface area (Å²) in [7, 11) is 0. The largest absolute Gasteiger partial charge is 0.379 e. The summed E-state index contributed by atoms with van der Waals surface area (Å²) in [5.41, 5.74) is 3.99. The number of hydrogen-bond acceptors (Lipinski definition) is 6. The number of morpholine rings is 1. The van der Waals surface area contributed by atoms with Crippen molar-refractivity contribution in [2.24, 2.45) is 0 Å².